The number of rotatable bonds is 3. The zero-order valence-corrected chi connectivity index (χ0v) is 19.6. The largest absolute Gasteiger partial charge is 0.457 e. The van der Waals surface area contributed by atoms with Crippen molar-refractivity contribution in [1.29, 1.82) is 0 Å². The number of ether oxygens (including phenoxy) is 1. The molecule has 3 fully saturated rings. The van der Waals surface area contributed by atoms with Crippen LogP contribution in [0.1, 0.15) is 6.42 Å². The Hall–Kier alpha value is -2.18. The Kier molecular flexibility index (Phi) is 4.51. The summed E-state index contributed by atoms with van der Waals surface area (Å²) >= 11 is 7.46. The van der Waals surface area contributed by atoms with Crippen molar-refractivity contribution in [3.8, 4) is 11.5 Å². The number of amides is 2. The van der Waals surface area contributed by atoms with Crippen LogP contribution in [0.25, 0.3) is 10.8 Å². The van der Waals surface area contributed by atoms with Gasteiger partial charge >= 0.3 is 0 Å². The van der Waals surface area contributed by atoms with Crippen LogP contribution >= 0.6 is 31.9 Å². The number of carbonyl (C=O) groups excluding carboxylic acids is 2. The third-order valence-corrected chi connectivity index (χ3v) is 10.2. The minimum Gasteiger partial charge on any atom is -0.457 e. The highest BCUT2D eigenvalue weighted by molar-refractivity contribution is 9.12. The number of alkyl halides is 2. The minimum absolute atomic E-state index is 0.0606. The lowest BCUT2D eigenvalue weighted by Gasteiger charge is -2.28. The predicted molar refractivity (Wildman–Crippen MR) is 127 cm³/mol. The standard InChI is InChI=1S/C25H19Br2NO3/c26-22-18-12-19(23(22)27)21-20(18)24(29)28(25(21)30)15-6-9-16(10-7-15)31-17-8-5-13-3-1-2-4-14(13)11-17/h1-11,18-23H,12H2/t18-,19+,20-,21-,22+,23-/m0/s1. The fourth-order valence-electron chi connectivity index (χ4n) is 5.63. The highest BCUT2D eigenvalue weighted by atomic mass is 79.9. The van der Waals surface area contributed by atoms with Crippen LogP contribution < -0.4 is 9.64 Å². The maximum atomic E-state index is 13.2. The number of halogens is 2. The molecule has 156 valence electrons. The van der Waals surface area contributed by atoms with Crippen LogP contribution in [0.4, 0.5) is 5.69 Å². The Morgan fingerprint density at radius 3 is 1.97 bits per heavy atom. The van der Waals surface area contributed by atoms with E-state index in [1.54, 1.807) is 12.1 Å². The van der Waals surface area contributed by atoms with Crippen molar-refractivity contribution in [2.75, 3.05) is 4.90 Å². The second-order valence-corrected chi connectivity index (χ2v) is 10.7. The highest BCUT2D eigenvalue weighted by Gasteiger charge is 2.66. The lowest BCUT2D eigenvalue weighted by Crippen LogP contribution is -2.37. The van der Waals surface area contributed by atoms with Gasteiger partial charge in [-0.15, -0.1) is 0 Å². The molecule has 6 heteroatoms. The molecule has 3 aromatic rings. The molecule has 0 aromatic heterocycles. The number of imide groups is 1. The molecule has 1 heterocycles. The normalized spacial score (nSPS) is 31.5. The van der Waals surface area contributed by atoms with Crippen molar-refractivity contribution in [2.24, 2.45) is 23.7 Å². The summed E-state index contributed by atoms with van der Waals surface area (Å²) in [5.41, 5.74) is 0.618. The van der Waals surface area contributed by atoms with E-state index < -0.39 is 0 Å². The van der Waals surface area contributed by atoms with E-state index >= 15 is 0 Å². The first-order valence-electron chi connectivity index (χ1n) is 10.5. The monoisotopic (exact) mass is 539 g/mol. The van der Waals surface area contributed by atoms with Gasteiger partial charge in [0.2, 0.25) is 11.8 Å². The molecule has 0 unspecified atom stereocenters. The van der Waals surface area contributed by atoms with E-state index in [0.717, 1.165) is 22.9 Å². The van der Waals surface area contributed by atoms with Gasteiger partial charge in [0.05, 0.1) is 17.5 Å². The maximum absolute atomic E-state index is 13.2. The van der Waals surface area contributed by atoms with E-state index in [1.165, 1.54) is 4.90 Å². The molecule has 4 nitrogen and oxygen atoms in total. The van der Waals surface area contributed by atoms with Crippen LogP contribution in [-0.4, -0.2) is 21.5 Å². The smallest absolute Gasteiger partial charge is 0.238 e. The molecule has 2 saturated carbocycles. The van der Waals surface area contributed by atoms with Gasteiger partial charge < -0.3 is 4.74 Å². The van der Waals surface area contributed by atoms with Crippen molar-refractivity contribution in [2.45, 2.75) is 16.1 Å². The van der Waals surface area contributed by atoms with Gasteiger partial charge in [-0.25, -0.2) is 0 Å². The molecule has 3 aliphatic rings. The SMILES string of the molecule is O=C1[C@H]2[C@@H]3C[C@@H]([C@H](Br)[C@@H]3Br)[C@@H]2C(=O)N1c1ccc(Oc2ccc3ccccc3c2)cc1. The molecule has 6 rings (SSSR count). The van der Waals surface area contributed by atoms with Crippen LogP contribution in [-0.2, 0) is 9.59 Å². The highest BCUT2D eigenvalue weighted by Crippen LogP contribution is 2.60. The lowest BCUT2D eigenvalue weighted by molar-refractivity contribution is -0.123. The van der Waals surface area contributed by atoms with Crippen LogP contribution in [0.5, 0.6) is 11.5 Å². The number of nitrogens with zero attached hydrogens (tertiary/aromatic N) is 1. The Balaban J connectivity index is 1.24. The van der Waals surface area contributed by atoms with E-state index in [-0.39, 0.29) is 45.1 Å². The number of carbonyl (C=O) groups is 2. The number of fused-ring (bicyclic) bond motifs is 6. The molecule has 2 amide bonds. The molecule has 6 atom stereocenters. The molecule has 2 bridgehead atoms. The van der Waals surface area contributed by atoms with E-state index in [2.05, 4.69) is 44.0 Å². The Labute approximate surface area is 196 Å². The average molecular weight is 541 g/mol. The van der Waals surface area contributed by atoms with Crippen LogP contribution in [0.15, 0.2) is 66.7 Å². The molecule has 1 aliphatic heterocycles. The summed E-state index contributed by atoms with van der Waals surface area (Å²) in [6, 6.07) is 21.3. The van der Waals surface area contributed by atoms with Crippen molar-refractivity contribution >= 4 is 60.1 Å². The molecule has 0 spiro atoms. The minimum atomic E-state index is -0.204. The van der Waals surface area contributed by atoms with Crippen molar-refractivity contribution in [3.63, 3.8) is 0 Å². The zero-order valence-electron chi connectivity index (χ0n) is 16.4. The van der Waals surface area contributed by atoms with E-state index in [0.29, 0.717) is 11.4 Å². The maximum Gasteiger partial charge on any atom is 0.238 e. The number of hydrogen-bond donors (Lipinski definition) is 0. The second kappa shape index (κ2) is 7.17. The fourth-order valence-corrected chi connectivity index (χ4v) is 7.51. The van der Waals surface area contributed by atoms with Gasteiger partial charge in [-0.2, -0.15) is 0 Å². The second-order valence-electron chi connectivity index (χ2n) is 8.62. The fraction of sp³-hybridized carbons (Fsp3) is 0.280. The Bertz CT molecular complexity index is 1180. The molecular formula is C25H19Br2NO3. The van der Waals surface area contributed by atoms with Gasteiger partial charge in [0.15, 0.2) is 0 Å². The van der Waals surface area contributed by atoms with Gasteiger partial charge in [0, 0.05) is 9.65 Å². The summed E-state index contributed by atoms with van der Waals surface area (Å²) < 4.78 is 6.00. The summed E-state index contributed by atoms with van der Waals surface area (Å²) in [5.74, 6) is 1.32. The number of benzene rings is 3. The van der Waals surface area contributed by atoms with Crippen LogP contribution in [0.3, 0.4) is 0 Å². The van der Waals surface area contributed by atoms with Crippen molar-refractivity contribution in [3.05, 3.63) is 66.7 Å². The topological polar surface area (TPSA) is 46.6 Å². The molecule has 2 aliphatic carbocycles. The summed E-state index contributed by atoms with van der Waals surface area (Å²) in [4.78, 5) is 28.2. The van der Waals surface area contributed by atoms with Gasteiger partial charge in [-0.1, -0.05) is 62.2 Å². The Morgan fingerprint density at radius 1 is 0.742 bits per heavy atom. The Morgan fingerprint density at radius 2 is 1.32 bits per heavy atom. The molecule has 0 radical (unpaired) electrons. The van der Waals surface area contributed by atoms with Crippen LogP contribution in [0, 0.1) is 23.7 Å². The van der Waals surface area contributed by atoms with Gasteiger partial charge in [0.25, 0.3) is 0 Å². The average Bonchev–Trinajstić information content (AvgIpc) is 3.39. The predicted octanol–water partition coefficient (Wildman–Crippen LogP) is 5.91. The van der Waals surface area contributed by atoms with Gasteiger partial charge in [-0.3, -0.25) is 14.5 Å². The summed E-state index contributed by atoms with van der Waals surface area (Å²) in [7, 11) is 0. The van der Waals surface area contributed by atoms with Crippen molar-refractivity contribution in [1.82, 2.24) is 0 Å². The molecule has 3 aromatic carbocycles. The third-order valence-electron chi connectivity index (χ3n) is 7.04. The van der Waals surface area contributed by atoms with Gasteiger partial charge in [0.1, 0.15) is 11.5 Å². The van der Waals surface area contributed by atoms with E-state index in [1.807, 2.05) is 42.5 Å². The summed E-state index contributed by atoms with van der Waals surface area (Å²) in [6.07, 6.45) is 0.936. The summed E-state index contributed by atoms with van der Waals surface area (Å²) in [6.45, 7) is 0. The number of anilines is 1. The van der Waals surface area contributed by atoms with E-state index in [4.69, 9.17) is 4.74 Å². The third kappa shape index (κ3) is 2.91. The molecule has 31 heavy (non-hydrogen) atoms. The molecule has 0 N–H and O–H groups in total. The quantitative estimate of drug-likeness (QED) is 0.306. The summed E-state index contributed by atoms with van der Waals surface area (Å²) in [5, 5.41) is 2.27. The first kappa shape index (κ1) is 19.5. The zero-order chi connectivity index (χ0) is 21.3. The first-order chi connectivity index (χ1) is 15.0. The lowest BCUT2D eigenvalue weighted by atomic mass is 9.81. The van der Waals surface area contributed by atoms with E-state index in [9.17, 15) is 9.59 Å². The first-order valence-corrected chi connectivity index (χ1v) is 12.3. The van der Waals surface area contributed by atoms with Gasteiger partial charge in [-0.05, 0) is 65.4 Å². The van der Waals surface area contributed by atoms with Crippen molar-refractivity contribution < 1.29 is 14.3 Å². The number of hydrogen-bond acceptors (Lipinski definition) is 3. The molecular weight excluding hydrogens is 522 g/mol. The molecule has 1 saturated heterocycles. The van der Waals surface area contributed by atoms with Crippen LogP contribution in [0.2, 0.25) is 0 Å².